The van der Waals surface area contributed by atoms with Crippen molar-refractivity contribution in [1.29, 1.82) is 0 Å². The highest BCUT2D eigenvalue weighted by atomic mass is 16.7. The fourth-order valence-corrected chi connectivity index (χ4v) is 3.01. The Balaban J connectivity index is 2.08. The van der Waals surface area contributed by atoms with Crippen LogP contribution in [-0.2, 0) is 14.3 Å². The summed E-state index contributed by atoms with van der Waals surface area (Å²) >= 11 is 0. The average molecular weight is 226 g/mol. The number of esters is 1. The molecule has 2 aliphatic rings. The highest BCUT2D eigenvalue weighted by Gasteiger charge is 2.73. The molecule has 1 aliphatic carbocycles. The van der Waals surface area contributed by atoms with E-state index in [1.807, 2.05) is 20.8 Å². The number of hydrogen-bond donors (Lipinski definition) is 0. The van der Waals surface area contributed by atoms with E-state index >= 15 is 0 Å². The third-order valence-corrected chi connectivity index (χ3v) is 3.90. The molecule has 0 bridgehead atoms. The lowest BCUT2D eigenvalue weighted by Gasteiger charge is -2.22. The number of rotatable bonds is 3. The molecule has 2 fully saturated rings. The van der Waals surface area contributed by atoms with Crippen LogP contribution in [0, 0.1) is 0 Å². The molecule has 0 aromatic heterocycles. The van der Waals surface area contributed by atoms with Gasteiger partial charge in [-0.2, -0.15) is 0 Å². The van der Waals surface area contributed by atoms with Crippen molar-refractivity contribution in [2.45, 2.75) is 76.6 Å². The zero-order chi connectivity index (χ0) is 11.8. The van der Waals surface area contributed by atoms with Gasteiger partial charge in [0.1, 0.15) is 5.60 Å². The maximum Gasteiger partial charge on any atom is 0.341 e. The summed E-state index contributed by atoms with van der Waals surface area (Å²) in [5, 5.41) is 0. The van der Waals surface area contributed by atoms with Crippen molar-refractivity contribution in [3.8, 4) is 0 Å². The first-order valence-corrected chi connectivity index (χ1v) is 6.47. The molecular formula is C13H22O3. The van der Waals surface area contributed by atoms with Crippen LogP contribution in [0.3, 0.4) is 0 Å². The molecule has 0 aromatic carbocycles. The van der Waals surface area contributed by atoms with Crippen molar-refractivity contribution in [3.05, 3.63) is 0 Å². The number of epoxide rings is 1. The Kier molecular flexibility index (Phi) is 2.99. The minimum Gasteiger partial charge on any atom is -0.461 e. The van der Waals surface area contributed by atoms with Crippen LogP contribution in [0.5, 0.6) is 0 Å². The van der Waals surface area contributed by atoms with Crippen LogP contribution in [0.4, 0.5) is 0 Å². The van der Waals surface area contributed by atoms with E-state index in [1.165, 1.54) is 19.3 Å². The summed E-state index contributed by atoms with van der Waals surface area (Å²) in [6.07, 6.45) is 6.35. The summed E-state index contributed by atoms with van der Waals surface area (Å²) in [5.74, 6) is -0.146. The molecule has 0 aromatic rings. The van der Waals surface area contributed by atoms with E-state index in [1.54, 1.807) is 0 Å². The molecule has 0 N–H and O–H groups in total. The average Bonchev–Trinajstić information content (AvgIpc) is 2.87. The van der Waals surface area contributed by atoms with E-state index < -0.39 is 5.60 Å². The molecule has 1 heterocycles. The van der Waals surface area contributed by atoms with Gasteiger partial charge >= 0.3 is 5.97 Å². The van der Waals surface area contributed by atoms with Crippen LogP contribution in [0.1, 0.15) is 59.3 Å². The van der Waals surface area contributed by atoms with Crippen molar-refractivity contribution < 1.29 is 14.3 Å². The van der Waals surface area contributed by atoms with Crippen molar-refractivity contribution in [2.75, 3.05) is 0 Å². The molecule has 1 aliphatic heterocycles. The SMILES string of the molecule is CCC1(C(=O)OC(C)C)OC12CCCCC2. The van der Waals surface area contributed by atoms with Gasteiger partial charge < -0.3 is 9.47 Å². The second-order valence-electron chi connectivity index (χ2n) is 5.29. The molecule has 1 saturated carbocycles. The highest BCUT2D eigenvalue weighted by Crippen LogP contribution is 2.58. The van der Waals surface area contributed by atoms with Gasteiger partial charge in [-0.25, -0.2) is 4.79 Å². The smallest absolute Gasteiger partial charge is 0.341 e. The van der Waals surface area contributed by atoms with Gasteiger partial charge in [0, 0.05) is 0 Å². The molecule has 0 radical (unpaired) electrons. The molecule has 0 amide bonds. The lowest BCUT2D eigenvalue weighted by molar-refractivity contribution is -0.154. The molecule has 1 unspecified atom stereocenters. The van der Waals surface area contributed by atoms with Crippen LogP contribution in [0.2, 0.25) is 0 Å². The second kappa shape index (κ2) is 4.02. The third kappa shape index (κ3) is 1.65. The largest absolute Gasteiger partial charge is 0.461 e. The molecule has 3 nitrogen and oxygen atoms in total. The molecule has 16 heavy (non-hydrogen) atoms. The first-order chi connectivity index (χ1) is 7.56. The summed E-state index contributed by atoms with van der Waals surface area (Å²) in [5.41, 5.74) is -0.788. The minimum atomic E-state index is -0.613. The molecule has 1 atom stereocenters. The summed E-state index contributed by atoms with van der Waals surface area (Å²) < 4.78 is 11.2. The van der Waals surface area contributed by atoms with Crippen LogP contribution >= 0.6 is 0 Å². The first-order valence-electron chi connectivity index (χ1n) is 6.47. The molecule has 1 spiro atoms. The zero-order valence-corrected chi connectivity index (χ0v) is 10.5. The van der Waals surface area contributed by atoms with E-state index in [0.717, 1.165) is 19.3 Å². The van der Waals surface area contributed by atoms with E-state index in [4.69, 9.17) is 9.47 Å². The van der Waals surface area contributed by atoms with Gasteiger partial charge in [0.15, 0.2) is 5.60 Å². The van der Waals surface area contributed by atoms with Crippen molar-refractivity contribution >= 4 is 5.97 Å². The Labute approximate surface area is 97.5 Å². The highest BCUT2D eigenvalue weighted by molar-refractivity contribution is 5.85. The van der Waals surface area contributed by atoms with Crippen LogP contribution in [0.15, 0.2) is 0 Å². The monoisotopic (exact) mass is 226 g/mol. The maximum atomic E-state index is 12.1. The van der Waals surface area contributed by atoms with Gasteiger partial charge in [0.2, 0.25) is 0 Å². The Morgan fingerprint density at radius 2 is 1.94 bits per heavy atom. The van der Waals surface area contributed by atoms with Gasteiger partial charge in [-0.3, -0.25) is 0 Å². The number of ether oxygens (including phenoxy) is 2. The molecule has 92 valence electrons. The van der Waals surface area contributed by atoms with Gasteiger partial charge in [0.05, 0.1) is 6.10 Å². The molecule has 1 saturated heterocycles. The Morgan fingerprint density at radius 3 is 2.44 bits per heavy atom. The van der Waals surface area contributed by atoms with E-state index in [0.29, 0.717) is 0 Å². The van der Waals surface area contributed by atoms with Gasteiger partial charge in [-0.1, -0.05) is 26.2 Å². The Bertz CT molecular complexity index is 279. The molecular weight excluding hydrogens is 204 g/mol. The van der Waals surface area contributed by atoms with Crippen molar-refractivity contribution in [3.63, 3.8) is 0 Å². The Morgan fingerprint density at radius 1 is 1.31 bits per heavy atom. The van der Waals surface area contributed by atoms with Gasteiger partial charge in [-0.15, -0.1) is 0 Å². The number of carbonyl (C=O) groups excluding carboxylic acids is 1. The fraction of sp³-hybridized carbons (Fsp3) is 0.923. The predicted octanol–water partition coefficient (Wildman–Crippen LogP) is 2.82. The fourth-order valence-electron chi connectivity index (χ4n) is 3.01. The summed E-state index contributed by atoms with van der Waals surface area (Å²) in [4.78, 5) is 12.1. The quantitative estimate of drug-likeness (QED) is 0.548. The topological polar surface area (TPSA) is 38.8 Å². The first kappa shape index (κ1) is 11.9. The summed E-state index contributed by atoms with van der Waals surface area (Å²) in [6.45, 7) is 5.79. The lowest BCUT2D eigenvalue weighted by atomic mass is 9.79. The third-order valence-electron chi connectivity index (χ3n) is 3.90. The number of carbonyl (C=O) groups is 1. The number of hydrogen-bond acceptors (Lipinski definition) is 3. The molecule has 2 rings (SSSR count). The van der Waals surface area contributed by atoms with Crippen molar-refractivity contribution in [2.24, 2.45) is 0 Å². The second-order valence-corrected chi connectivity index (χ2v) is 5.29. The standard InChI is InChI=1S/C13H22O3/c1-4-13(11(14)15-10(2)3)12(16-13)8-6-5-7-9-12/h10H,4-9H2,1-3H3. The predicted molar refractivity (Wildman–Crippen MR) is 61.2 cm³/mol. The van der Waals surface area contributed by atoms with Gasteiger partial charge in [0.25, 0.3) is 0 Å². The maximum absolute atomic E-state index is 12.1. The summed E-state index contributed by atoms with van der Waals surface area (Å²) in [6, 6.07) is 0. The van der Waals surface area contributed by atoms with E-state index in [-0.39, 0.29) is 17.7 Å². The lowest BCUT2D eigenvalue weighted by Crippen LogP contribution is -2.37. The zero-order valence-electron chi connectivity index (χ0n) is 10.5. The van der Waals surface area contributed by atoms with Crippen LogP contribution < -0.4 is 0 Å². The van der Waals surface area contributed by atoms with Crippen LogP contribution in [0.25, 0.3) is 0 Å². The normalized spacial score (nSPS) is 31.8. The van der Waals surface area contributed by atoms with Crippen molar-refractivity contribution in [1.82, 2.24) is 0 Å². The Hall–Kier alpha value is -0.570. The van der Waals surface area contributed by atoms with E-state index in [2.05, 4.69) is 0 Å². The van der Waals surface area contributed by atoms with Gasteiger partial charge in [-0.05, 0) is 33.1 Å². The van der Waals surface area contributed by atoms with E-state index in [9.17, 15) is 4.79 Å². The van der Waals surface area contributed by atoms with Crippen LogP contribution in [-0.4, -0.2) is 23.3 Å². The molecule has 3 heteroatoms. The minimum absolute atomic E-state index is 0.0548. The summed E-state index contributed by atoms with van der Waals surface area (Å²) in [7, 11) is 0.